The molecule has 0 aliphatic carbocycles. The van der Waals surface area contributed by atoms with Gasteiger partial charge in [0.15, 0.2) is 0 Å². The summed E-state index contributed by atoms with van der Waals surface area (Å²) in [6.07, 6.45) is 2.65. The van der Waals surface area contributed by atoms with Crippen LogP contribution in [-0.2, 0) is 20.9 Å². The average Bonchev–Trinajstić information content (AvgIpc) is 3.42. The number of hydrogen-bond donors (Lipinski definition) is 1. The van der Waals surface area contributed by atoms with E-state index in [1.54, 1.807) is 25.3 Å². The summed E-state index contributed by atoms with van der Waals surface area (Å²) >= 11 is 0. The normalized spacial score (nSPS) is 23.8. The molecule has 11 nitrogen and oxygen atoms in total. The average molecular weight is 636 g/mol. The van der Waals surface area contributed by atoms with Gasteiger partial charge in [0.05, 0.1) is 26.4 Å². The number of benzene rings is 1. The number of carbonyl (C=O) groups is 3. The molecule has 1 N–H and O–H groups in total. The zero-order chi connectivity index (χ0) is 32.7. The molecule has 2 aromatic rings. The molecule has 0 unspecified atom stereocenters. The van der Waals surface area contributed by atoms with Crippen molar-refractivity contribution in [1.29, 1.82) is 0 Å². The van der Waals surface area contributed by atoms with Gasteiger partial charge < -0.3 is 29.3 Å². The summed E-state index contributed by atoms with van der Waals surface area (Å²) in [5.74, 6) is 1.34. The first kappa shape index (κ1) is 33.7. The zero-order valence-corrected chi connectivity index (χ0v) is 27.7. The van der Waals surface area contributed by atoms with E-state index in [0.717, 1.165) is 24.2 Å². The van der Waals surface area contributed by atoms with E-state index in [1.165, 1.54) is 0 Å². The van der Waals surface area contributed by atoms with Gasteiger partial charge >= 0.3 is 0 Å². The third-order valence-electron chi connectivity index (χ3n) is 8.92. The first-order chi connectivity index (χ1) is 22.1. The number of fused-ring (bicyclic) bond motifs is 10. The van der Waals surface area contributed by atoms with Crippen molar-refractivity contribution in [3.63, 3.8) is 0 Å². The molecule has 250 valence electrons. The first-order valence-electron chi connectivity index (χ1n) is 16.5. The van der Waals surface area contributed by atoms with Crippen molar-refractivity contribution < 1.29 is 28.6 Å². The monoisotopic (exact) mass is 635 g/mol. The first-order valence-corrected chi connectivity index (χ1v) is 16.5. The maximum Gasteiger partial charge on any atom is 0.270 e. The second-order valence-electron chi connectivity index (χ2n) is 13.9. The standard InChI is InChI=1S/C35H49N5O6/c1-35(2,3)21-32(41)39-15-16-45-17-18-46-31-10-6-9-29(37-31)33(42)36-27-20-30(34(43)38-13-11-25(22-39)12-14-38)40(24-27)23-26-7-5-8-28(19-26)44-4/h5-10,19,25,27,30H,11-18,20-24H2,1-4H3,(H,36,42)/t27-,30-/m0/s1. The topological polar surface area (TPSA) is 114 Å². The number of rotatable bonds is 4. The van der Waals surface area contributed by atoms with Crippen LogP contribution >= 0.6 is 0 Å². The minimum absolute atomic E-state index is 0.0894. The SMILES string of the molecule is COc1cccc(CN2C[C@@H]3C[C@H]2C(=O)N2CCC(CC2)CN(C(=O)CC(C)(C)C)CCOCCOc2cccc(n2)C(=O)N3)c1. The van der Waals surface area contributed by atoms with Crippen LogP contribution in [0.1, 0.15) is 62.5 Å². The van der Waals surface area contributed by atoms with Crippen LogP contribution in [0.4, 0.5) is 0 Å². The number of aromatic nitrogens is 1. The van der Waals surface area contributed by atoms with Gasteiger partial charge in [-0.15, -0.1) is 0 Å². The van der Waals surface area contributed by atoms with Gasteiger partial charge in [0.2, 0.25) is 17.7 Å². The Morgan fingerprint density at radius 2 is 1.80 bits per heavy atom. The molecule has 2 atom stereocenters. The number of hydrogen-bond acceptors (Lipinski definition) is 8. The Hall–Kier alpha value is -3.70. The van der Waals surface area contributed by atoms with Gasteiger partial charge in [-0.25, -0.2) is 4.98 Å². The summed E-state index contributed by atoms with van der Waals surface area (Å²) in [5, 5.41) is 3.12. The molecule has 3 amide bonds. The molecule has 5 heterocycles. The van der Waals surface area contributed by atoms with E-state index >= 15 is 0 Å². The van der Waals surface area contributed by atoms with E-state index in [1.807, 2.05) is 34.1 Å². The molecule has 4 aliphatic rings. The molecule has 0 radical (unpaired) electrons. The minimum Gasteiger partial charge on any atom is -0.497 e. The van der Waals surface area contributed by atoms with Crippen LogP contribution in [0.25, 0.3) is 0 Å². The molecule has 0 spiro atoms. The number of pyridine rings is 1. The number of nitrogens with one attached hydrogen (secondary N) is 1. The Morgan fingerprint density at radius 3 is 2.57 bits per heavy atom. The van der Waals surface area contributed by atoms with Crippen LogP contribution in [0.3, 0.4) is 0 Å². The minimum atomic E-state index is -0.369. The van der Waals surface area contributed by atoms with Gasteiger partial charge in [-0.1, -0.05) is 39.0 Å². The number of piperidine rings is 1. The number of likely N-dealkylation sites (tertiary alicyclic amines) is 1. The van der Waals surface area contributed by atoms with Crippen molar-refractivity contribution in [3.8, 4) is 11.6 Å². The largest absolute Gasteiger partial charge is 0.497 e. The molecule has 0 saturated carbocycles. The fourth-order valence-corrected chi connectivity index (χ4v) is 6.55. The second kappa shape index (κ2) is 15.3. The van der Waals surface area contributed by atoms with Crippen LogP contribution in [-0.4, -0.2) is 109 Å². The smallest absolute Gasteiger partial charge is 0.270 e. The third kappa shape index (κ3) is 9.19. The molecule has 6 rings (SSSR count). The molecular weight excluding hydrogens is 586 g/mol. The van der Waals surface area contributed by atoms with E-state index < -0.39 is 0 Å². The van der Waals surface area contributed by atoms with Crippen LogP contribution < -0.4 is 14.8 Å². The van der Waals surface area contributed by atoms with Crippen LogP contribution in [0.5, 0.6) is 11.6 Å². The molecule has 46 heavy (non-hydrogen) atoms. The Balaban J connectivity index is 1.35. The van der Waals surface area contributed by atoms with Gasteiger partial charge in [0, 0.05) is 57.8 Å². The summed E-state index contributed by atoms with van der Waals surface area (Å²) in [5.41, 5.74) is 1.19. The van der Waals surface area contributed by atoms with Gasteiger partial charge in [-0.2, -0.15) is 0 Å². The van der Waals surface area contributed by atoms with Crippen molar-refractivity contribution in [2.45, 2.75) is 65.1 Å². The van der Waals surface area contributed by atoms with E-state index in [2.05, 4.69) is 36.0 Å². The number of carbonyl (C=O) groups excluding carboxylic acids is 3. The Kier molecular flexibility index (Phi) is 11.2. The number of nitrogens with zero attached hydrogens (tertiary/aromatic N) is 4. The maximum absolute atomic E-state index is 14.1. The van der Waals surface area contributed by atoms with Crippen LogP contribution in [0, 0.1) is 11.3 Å². The van der Waals surface area contributed by atoms with E-state index in [9.17, 15) is 14.4 Å². The lowest BCUT2D eigenvalue weighted by atomic mass is 9.90. The number of amides is 3. The Labute approximate surface area is 272 Å². The van der Waals surface area contributed by atoms with Gasteiger partial charge in [0.1, 0.15) is 18.1 Å². The van der Waals surface area contributed by atoms with Crippen molar-refractivity contribution in [2.24, 2.45) is 11.3 Å². The van der Waals surface area contributed by atoms with Crippen LogP contribution in [0.15, 0.2) is 42.5 Å². The lowest BCUT2D eigenvalue weighted by Gasteiger charge is -2.37. The van der Waals surface area contributed by atoms with Crippen molar-refractivity contribution in [1.82, 2.24) is 25.0 Å². The van der Waals surface area contributed by atoms with Crippen LogP contribution in [0.2, 0.25) is 0 Å². The quantitative estimate of drug-likeness (QED) is 0.509. The number of methoxy groups -OCH3 is 1. The fraction of sp³-hybridized carbons (Fsp3) is 0.600. The summed E-state index contributed by atoms with van der Waals surface area (Å²) in [6, 6.07) is 12.4. The summed E-state index contributed by atoms with van der Waals surface area (Å²) in [7, 11) is 1.64. The molecule has 4 aliphatic heterocycles. The highest BCUT2D eigenvalue weighted by atomic mass is 16.5. The highest BCUT2D eigenvalue weighted by Gasteiger charge is 2.40. The fourth-order valence-electron chi connectivity index (χ4n) is 6.55. The second-order valence-corrected chi connectivity index (χ2v) is 13.9. The third-order valence-corrected chi connectivity index (χ3v) is 8.92. The maximum atomic E-state index is 14.1. The Morgan fingerprint density at radius 1 is 1.02 bits per heavy atom. The van der Waals surface area contributed by atoms with E-state index in [0.29, 0.717) is 77.1 Å². The highest BCUT2D eigenvalue weighted by Crippen LogP contribution is 2.28. The van der Waals surface area contributed by atoms with E-state index in [-0.39, 0.29) is 47.5 Å². The van der Waals surface area contributed by atoms with Crippen molar-refractivity contribution >= 4 is 17.7 Å². The number of ether oxygens (including phenoxy) is 3. The summed E-state index contributed by atoms with van der Waals surface area (Å²) in [6.45, 7) is 10.8. The van der Waals surface area contributed by atoms with E-state index in [4.69, 9.17) is 14.2 Å². The molecular formula is C35H49N5O6. The zero-order valence-electron chi connectivity index (χ0n) is 27.7. The van der Waals surface area contributed by atoms with Crippen molar-refractivity contribution in [2.75, 3.05) is 59.7 Å². The predicted octanol–water partition coefficient (Wildman–Crippen LogP) is 3.38. The highest BCUT2D eigenvalue weighted by molar-refractivity contribution is 5.92. The molecule has 6 bridgehead atoms. The summed E-state index contributed by atoms with van der Waals surface area (Å²) in [4.78, 5) is 51.2. The lowest BCUT2D eigenvalue weighted by Crippen LogP contribution is -2.49. The Bertz CT molecular complexity index is 1350. The predicted molar refractivity (Wildman–Crippen MR) is 174 cm³/mol. The lowest BCUT2D eigenvalue weighted by molar-refractivity contribution is -0.139. The van der Waals surface area contributed by atoms with Gasteiger partial charge in [0.25, 0.3) is 5.91 Å². The van der Waals surface area contributed by atoms with Gasteiger partial charge in [-0.05, 0) is 54.4 Å². The summed E-state index contributed by atoms with van der Waals surface area (Å²) < 4.78 is 17.1. The molecule has 11 heteroatoms. The molecule has 1 aromatic heterocycles. The molecule has 2 fully saturated rings. The van der Waals surface area contributed by atoms with Crippen molar-refractivity contribution in [3.05, 3.63) is 53.7 Å². The molecule has 2 saturated heterocycles. The molecule has 1 aromatic carbocycles. The van der Waals surface area contributed by atoms with Gasteiger partial charge in [-0.3, -0.25) is 19.3 Å².